The van der Waals surface area contributed by atoms with Crippen LogP contribution in [0.25, 0.3) is 16.9 Å². The smallest absolute Gasteiger partial charge is 0.159 e. The summed E-state index contributed by atoms with van der Waals surface area (Å²) in [7, 11) is 0. The van der Waals surface area contributed by atoms with Crippen LogP contribution < -0.4 is 5.32 Å². The molecule has 1 N–H and O–H groups in total. The van der Waals surface area contributed by atoms with E-state index in [-0.39, 0.29) is 6.04 Å². The summed E-state index contributed by atoms with van der Waals surface area (Å²) in [5.74, 6) is 1.36. The highest BCUT2D eigenvalue weighted by Gasteiger charge is 2.10. The van der Waals surface area contributed by atoms with Gasteiger partial charge in [-0.15, -0.1) is 0 Å². The summed E-state index contributed by atoms with van der Waals surface area (Å²) in [5, 5.41) is 12.4. The van der Waals surface area contributed by atoms with E-state index in [1.54, 1.807) is 30.9 Å². The lowest BCUT2D eigenvalue weighted by atomic mass is 10.1. The molecule has 0 bridgehead atoms. The van der Waals surface area contributed by atoms with E-state index in [1.165, 1.54) is 11.1 Å². The van der Waals surface area contributed by atoms with Crippen molar-refractivity contribution >= 4 is 16.9 Å². The number of rotatable bonds is 4. The second kappa shape index (κ2) is 6.89. The van der Waals surface area contributed by atoms with Crippen LogP contribution in [0.3, 0.4) is 0 Å². The highest BCUT2D eigenvalue weighted by atomic mass is 15.2. The molecule has 0 aliphatic carbocycles. The van der Waals surface area contributed by atoms with Crippen molar-refractivity contribution in [1.29, 1.82) is 5.26 Å². The number of hydrogen-bond acceptors (Lipinski definition) is 5. The summed E-state index contributed by atoms with van der Waals surface area (Å²) in [6, 6.07) is 16.1. The van der Waals surface area contributed by atoms with Crippen molar-refractivity contribution in [3.05, 3.63) is 77.9 Å². The Morgan fingerprint density at radius 2 is 1.93 bits per heavy atom. The standard InChI is InChI=1S/C21H18N6/c1-14-3-6-17(7-4-14)15(2)25-20-11-23-12-21(26-20)27-13-24-18-9-16(10-22)5-8-19(18)27/h3-9,11-13,15H,1-2H3,(H,25,26)/t15-/m0/s1. The number of nitrogens with zero attached hydrogens (tertiary/aromatic N) is 5. The fourth-order valence-electron chi connectivity index (χ4n) is 2.97. The van der Waals surface area contributed by atoms with Gasteiger partial charge in [0, 0.05) is 6.04 Å². The highest BCUT2D eigenvalue weighted by molar-refractivity contribution is 5.78. The Labute approximate surface area is 157 Å². The summed E-state index contributed by atoms with van der Waals surface area (Å²) in [4.78, 5) is 13.4. The second-order valence-electron chi connectivity index (χ2n) is 6.47. The van der Waals surface area contributed by atoms with E-state index >= 15 is 0 Å². The number of imidazole rings is 1. The summed E-state index contributed by atoms with van der Waals surface area (Å²) in [5.41, 5.74) is 4.64. The van der Waals surface area contributed by atoms with Gasteiger partial charge in [-0.25, -0.2) is 9.97 Å². The van der Waals surface area contributed by atoms with Crippen LogP contribution in [0, 0.1) is 18.3 Å². The monoisotopic (exact) mass is 354 g/mol. The SMILES string of the molecule is Cc1ccc([C@H](C)Nc2cncc(-n3cnc4cc(C#N)ccc43)n2)cc1. The number of benzene rings is 2. The van der Waals surface area contributed by atoms with Gasteiger partial charge in [0.05, 0.1) is 35.1 Å². The molecule has 0 spiro atoms. The molecule has 0 unspecified atom stereocenters. The highest BCUT2D eigenvalue weighted by Crippen LogP contribution is 2.21. The molecule has 27 heavy (non-hydrogen) atoms. The van der Waals surface area contributed by atoms with Crippen molar-refractivity contribution < 1.29 is 0 Å². The number of nitrogens with one attached hydrogen (secondary N) is 1. The predicted octanol–water partition coefficient (Wildman–Crippen LogP) is 4.17. The van der Waals surface area contributed by atoms with Crippen LogP contribution in [-0.4, -0.2) is 19.5 Å². The first kappa shape index (κ1) is 16.7. The Morgan fingerprint density at radius 3 is 2.70 bits per heavy atom. The Balaban J connectivity index is 1.63. The van der Waals surface area contributed by atoms with E-state index in [0.29, 0.717) is 17.2 Å². The summed E-state index contributed by atoms with van der Waals surface area (Å²) in [6.45, 7) is 4.17. The van der Waals surface area contributed by atoms with Gasteiger partial charge < -0.3 is 5.32 Å². The van der Waals surface area contributed by atoms with Gasteiger partial charge in [0.2, 0.25) is 0 Å². The molecule has 0 radical (unpaired) electrons. The van der Waals surface area contributed by atoms with Crippen LogP contribution in [0.5, 0.6) is 0 Å². The van der Waals surface area contributed by atoms with Crippen molar-refractivity contribution in [2.75, 3.05) is 5.32 Å². The zero-order valence-corrected chi connectivity index (χ0v) is 15.1. The van der Waals surface area contributed by atoms with E-state index in [1.807, 2.05) is 10.6 Å². The first-order valence-electron chi connectivity index (χ1n) is 8.67. The third-order valence-electron chi connectivity index (χ3n) is 4.49. The first-order chi connectivity index (χ1) is 13.1. The molecule has 6 heteroatoms. The number of anilines is 1. The lowest BCUT2D eigenvalue weighted by Gasteiger charge is -2.15. The average Bonchev–Trinajstić information content (AvgIpc) is 3.11. The molecule has 0 aliphatic heterocycles. The Morgan fingerprint density at radius 1 is 1.11 bits per heavy atom. The van der Waals surface area contributed by atoms with Crippen LogP contribution in [0.1, 0.15) is 29.7 Å². The third kappa shape index (κ3) is 3.35. The number of hydrogen-bond donors (Lipinski definition) is 1. The molecule has 2 aromatic heterocycles. The minimum absolute atomic E-state index is 0.105. The van der Waals surface area contributed by atoms with E-state index in [9.17, 15) is 0 Å². The summed E-state index contributed by atoms with van der Waals surface area (Å²) in [6.07, 6.45) is 5.10. The molecular formula is C21H18N6. The molecular weight excluding hydrogens is 336 g/mol. The molecule has 0 fully saturated rings. The van der Waals surface area contributed by atoms with Gasteiger partial charge in [-0.2, -0.15) is 5.26 Å². The Kier molecular flexibility index (Phi) is 4.27. The van der Waals surface area contributed by atoms with Crippen LogP contribution in [0.15, 0.2) is 61.2 Å². The van der Waals surface area contributed by atoms with E-state index in [4.69, 9.17) is 5.26 Å². The molecule has 4 aromatic rings. The third-order valence-corrected chi connectivity index (χ3v) is 4.49. The Bertz CT molecular complexity index is 1140. The molecule has 6 nitrogen and oxygen atoms in total. The molecule has 4 rings (SSSR count). The number of fused-ring (bicyclic) bond motifs is 1. The van der Waals surface area contributed by atoms with Crippen molar-refractivity contribution in [2.45, 2.75) is 19.9 Å². The molecule has 2 heterocycles. The van der Waals surface area contributed by atoms with Gasteiger partial charge in [-0.05, 0) is 37.6 Å². The van der Waals surface area contributed by atoms with Gasteiger partial charge in [-0.1, -0.05) is 29.8 Å². The summed E-state index contributed by atoms with van der Waals surface area (Å²) >= 11 is 0. The van der Waals surface area contributed by atoms with Crippen molar-refractivity contribution in [2.24, 2.45) is 0 Å². The normalized spacial score (nSPS) is 11.9. The summed E-state index contributed by atoms with van der Waals surface area (Å²) < 4.78 is 1.87. The Hall–Kier alpha value is -3.72. The maximum atomic E-state index is 9.04. The predicted molar refractivity (Wildman–Crippen MR) is 105 cm³/mol. The van der Waals surface area contributed by atoms with Crippen LogP contribution in [0.2, 0.25) is 0 Å². The molecule has 0 amide bonds. The van der Waals surface area contributed by atoms with E-state index < -0.39 is 0 Å². The molecule has 1 atom stereocenters. The van der Waals surface area contributed by atoms with Gasteiger partial charge in [0.25, 0.3) is 0 Å². The van der Waals surface area contributed by atoms with E-state index in [0.717, 1.165) is 11.0 Å². The zero-order chi connectivity index (χ0) is 18.8. The minimum atomic E-state index is 0.105. The van der Waals surface area contributed by atoms with Gasteiger partial charge in [0.15, 0.2) is 5.82 Å². The molecule has 2 aromatic carbocycles. The number of nitriles is 1. The fourth-order valence-corrected chi connectivity index (χ4v) is 2.97. The van der Waals surface area contributed by atoms with E-state index in [2.05, 4.69) is 64.5 Å². The second-order valence-corrected chi connectivity index (χ2v) is 6.47. The van der Waals surface area contributed by atoms with Gasteiger partial charge >= 0.3 is 0 Å². The lowest BCUT2D eigenvalue weighted by Crippen LogP contribution is -2.09. The molecule has 132 valence electrons. The molecule has 0 saturated carbocycles. The molecule has 0 aliphatic rings. The van der Waals surface area contributed by atoms with Crippen LogP contribution in [0.4, 0.5) is 5.82 Å². The average molecular weight is 354 g/mol. The van der Waals surface area contributed by atoms with Crippen molar-refractivity contribution in [3.8, 4) is 11.9 Å². The minimum Gasteiger partial charge on any atom is -0.362 e. The lowest BCUT2D eigenvalue weighted by molar-refractivity contribution is 0.864. The fraction of sp³-hybridized carbons (Fsp3) is 0.143. The number of aryl methyl sites for hydroxylation is 1. The van der Waals surface area contributed by atoms with Crippen LogP contribution in [-0.2, 0) is 0 Å². The maximum Gasteiger partial charge on any atom is 0.159 e. The van der Waals surface area contributed by atoms with Crippen LogP contribution >= 0.6 is 0 Å². The number of aromatic nitrogens is 4. The largest absolute Gasteiger partial charge is 0.362 e. The van der Waals surface area contributed by atoms with Crippen molar-refractivity contribution in [1.82, 2.24) is 19.5 Å². The quantitative estimate of drug-likeness (QED) is 0.595. The van der Waals surface area contributed by atoms with Gasteiger partial charge in [-0.3, -0.25) is 9.55 Å². The van der Waals surface area contributed by atoms with Gasteiger partial charge in [0.1, 0.15) is 12.1 Å². The topological polar surface area (TPSA) is 79.4 Å². The first-order valence-corrected chi connectivity index (χ1v) is 8.67. The molecule has 0 saturated heterocycles. The zero-order valence-electron chi connectivity index (χ0n) is 15.1. The van der Waals surface area contributed by atoms with Crippen molar-refractivity contribution in [3.63, 3.8) is 0 Å². The maximum absolute atomic E-state index is 9.04.